The summed E-state index contributed by atoms with van der Waals surface area (Å²) in [5.74, 6) is -0.550. The summed E-state index contributed by atoms with van der Waals surface area (Å²) in [5, 5.41) is 8.92. The minimum absolute atomic E-state index is 0.199. The molecule has 15 heavy (non-hydrogen) atoms. The summed E-state index contributed by atoms with van der Waals surface area (Å²) in [6.07, 6.45) is 3.68. The van der Waals surface area contributed by atoms with Crippen molar-refractivity contribution in [2.75, 3.05) is 6.61 Å². The van der Waals surface area contributed by atoms with Crippen LogP contribution in [0.1, 0.15) is 22.8 Å². The summed E-state index contributed by atoms with van der Waals surface area (Å²) in [6.45, 7) is 4.17. The molecule has 1 rings (SSSR count). The zero-order valence-corrected chi connectivity index (χ0v) is 8.86. The third-order valence-electron chi connectivity index (χ3n) is 1.94. The normalized spacial score (nSPS) is 10.5. The number of carboxylic acids is 1. The lowest BCUT2D eigenvalue weighted by atomic mass is 10.1. The van der Waals surface area contributed by atoms with Crippen molar-refractivity contribution in [2.45, 2.75) is 13.8 Å². The highest BCUT2D eigenvalue weighted by Gasteiger charge is 2.10. The van der Waals surface area contributed by atoms with Gasteiger partial charge >= 0.3 is 5.97 Å². The number of carboxylic acid groups (broad SMARTS) is 1. The molecular weight excluding hydrogens is 192 g/mol. The van der Waals surface area contributed by atoms with Gasteiger partial charge in [0.1, 0.15) is 17.9 Å². The zero-order valence-electron chi connectivity index (χ0n) is 8.86. The van der Waals surface area contributed by atoms with E-state index < -0.39 is 5.97 Å². The second kappa shape index (κ2) is 5.20. The molecule has 0 saturated carbocycles. The molecule has 0 amide bonds. The predicted molar refractivity (Wildman–Crippen MR) is 58.4 cm³/mol. The van der Waals surface area contributed by atoms with E-state index in [0.717, 1.165) is 5.56 Å². The molecule has 0 atom stereocenters. The third-order valence-corrected chi connectivity index (χ3v) is 1.94. The van der Waals surface area contributed by atoms with Crippen LogP contribution in [0.25, 0.3) is 0 Å². The van der Waals surface area contributed by atoms with Gasteiger partial charge in [0.05, 0.1) is 0 Å². The van der Waals surface area contributed by atoms with Crippen molar-refractivity contribution in [1.82, 2.24) is 0 Å². The monoisotopic (exact) mass is 206 g/mol. The molecule has 0 aliphatic heterocycles. The number of aromatic carboxylic acids is 1. The van der Waals surface area contributed by atoms with E-state index in [2.05, 4.69) is 0 Å². The Hall–Kier alpha value is -1.77. The molecule has 1 N–H and O–H groups in total. The number of benzene rings is 1. The number of allylic oxidation sites excluding steroid dienone is 1. The summed E-state index contributed by atoms with van der Waals surface area (Å²) < 4.78 is 5.35. The van der Waals surface area contributed by atoms with Gasteiger partial charge in [-0.15, -0.1) is 0 Å². The molecule has 0 unspecified atom stereocenters. The van der Waals surface area contributed by atoms with Crippen LogP contribution in [0.15, 0.2) is 30.4 Å². The summed E-state index contributed by atoms with van der Waals surface area (Å²) >= 11 is 0. The van der Waals surface area contributed by atoms with Crippen molar-refractivity contribution in [3.8, 4) is 5.75 Å². The van der Waals surface area contributed by atoms with Crippen molar-refractivity contribution >= 4 is 5.97 Å². The highest BCUT2D eigenvalue weighted by Crippen LogP contribution is 2.20. The SMILES string of the molecule is CC=CCOc1cc(C)ccc1C(=O)O. The first-order chi connectivity index (χ1) is 7.15. The Labute approximate surface area is 89.0 Å². The van der Waals surface area contributed by atoms with Crippen molar-refractivity contribution in [3.63, 3.8) is 0 Å². The largest absolute Gasteiger partial charge is 0.489 e. The number of rotatable bonds is 4. The smallest absolute Gasteiger partial charge is 0.339 e. The van der Waals surface area contributed by atoms with Gasteiger partial charge in [-0.25, -0.2) is 4.79 Å². The van der Waals surface area contributed by atoms with Gasteiger partial charge in [0.2, 0.25) is 0 Å². The highest BCUT2D eigenvalue weighted by atomic mass is 16.5. The Kier molecular flexibility index (Phi) is 3.92. The molecule has 3 heteroatoms. The minimum atomic E-state index is -0.967. The molecule has 0 aliphatic rings. The van der Waals surface area contributed by atoms with Gasteiger partial charge in [0.15, 0.2) is 0 Å². The number of aryl methyl sites for hydroxylation is 1. The quantitative estimate of drug-likeness (QED) is 0.770. The molecule has 1 aromatic rings. The van der Waals surface area contributed by atoms with Gasteiger partial charge < -0.3 is 9.84 Å². The molecule has 3 nitrogen and oxygen atoms in total. The molecule has 0 aliphatic carbocycles. The molecule has 0 fully saturated rings. The van der Waals surface area contributed by atoms with E-state index in [1.54, 1.807) is 18.2 Å². The lowest BCUT2D eigenvalue weighted by Gasteiger charge is -2.07. The second-order valence-electron chi connectivity index (χ2n) is 3.18. The van der Waals surface area contributed by atoms with Crippen LogP contribution in [0.4, 0.5) is 0 Å². The summed E-state index contributed by atoms with van der Waals surface area (Å²) in [7, 11) is 0. The van der Waals surface area contributed by atoms with Gasteiger partial charge in [-0.2, -0.15) is 0 Å². The first-order valence-electron chi connectivity index (χ1n) is 4.73. The summed E-state index contributed by atoms with van der Waals surface area (Å²) in [5.41, 5.74) is 1.18. The molecule has 0 bridgehead atoms. The third kappa shape index (κ3) is 3.13. The Balaban J connectivity index is 2.91. The highest BCUT2D eigenvalue weighted by molar-refractivity contribution is 5.90. The fraction of sp³-hybridized carbons (Fsp3) is 0.250. The van der Waals surface area contributed by atoms with Crippen LogP contribution < -0.4 is 4.74 Å². The lowest BCUT2D eigenvalue weighted by molar-refractivity contribution is 0.0693. The maximum absolute atomic E-state index is 10.9. The number of hydrogen-bond donors (Lipinski definition) is 1. The van der Waals surface area contributed by atoms with E-state index in [0.29, 0.717) is 12.4 Å². The van der Waals surface area contributed by atoms with Crippen LogP contribution in [-0.2, 0) is 0 Å². The average Bonchev–Trinajstić information content (AvgIpc) is 2.18. The fourth-order valence-electron chi connectivity index (χ4n) is 1.16. The molecular formula is C12H14O3. The van der Waals surface area contributed by atoms with Gasteiger partial charge in [-0.05, 0) is 31.5 Å². The van der Waals surface area contributed by atoms with E-state index in [-0.39, 0.29) is 5.56 Å². The van der Waals surface area contributed by atoms with Crippen molar-refractivity contribution in [3.05, 3.63) is 41.5 Å². The molecule has 80 valence electrons. The van der Waals surface area contributed by atoms with E-state index in [1.165, 1.54) is 0 Å². The van der Waals surface area contributed by atoms with Gasteiger partial charge in [0, 0.05) is 0 Å². The second-order valence-corrected chi connectivity index (χ2v) is 3.18. The van der Waals surface area contributed by atoms with Crippen molar-refractivity contribution < 1.29 is 14.6 Å². The first kappa shape index (κ1) is 11.3. The Morgan fingerprint density at radius 2 is 2.27 bits per heavy atom. The summed E-state index contributed by atoms with van der Waals surface area (Å²) in [4.78, 5) is 10.9. The maximum atomic E-state index is 10.9. The molecule has 0 saturated heterocycles. The standard InChI is InChI=1S/C12H14O3/c1-3-4-7-15-11-8-9(2)5-6-10(11)12(13)14/h3-6,8H,7H2,1-2H3,(H,13,14). The predicted octanol–water partition coefficient (Wildman–Crippen LogP) is 2.65. The van der Waals surface area contributed by atoms with Crippen LogP contribution in [-0.4, -0.2) is 17.7 Å². The van der Waals surface area contributed by atoms with E-state index in [4.69, 9.17) is 9.84 Å². The molecule has 0 heterocycles. The van der Waals surface area contributed by atoms with Gasteiger partial charge in [-0.3, -0.25) is 0 Å². The van der Waals surface area contributed by atoms with Crippen LogP contribution in [0.5, 0.6) is 5.75 Å². The van der Waals surface area contributed by atoms with Crippen molar-refractivity contribution in [1.29, 1.82) is 0 Å². The molecule has 0 aromatic heterocycles. The Morgan fingerprint density at radius 1 is 1.53 bits per heavy atom. The van der Waals surface area contributed by atoms with E-state index in [9.17, 15) is 4.79 Å². The Morgan fingerprint density at radius 3 is 2.87 bits per heavy atom. The van der Waals surface area contributed by atoms with E-state index in [1.807, 2.05) is 26.0 Å². The molecule has 0 radical (unpaired) electrons. The topological polar surface area (TPSA) is 46.5 Å². The van der Waals surface area contributed by atoms with Crippen molar-refractivity contribution in [2.24, 2.45) is 0 Å². The number of ether oxygens (including phenoxy) is 1. The number of hydrogen-bond acceptors (Lipinski definition) is 2. The van der Waals surface area contributed by atoms with Gasteiger partial charge in [-0.1, -0.05) is 18.2 Å². The van der Waals surface area contributed by atoms with Gasteiger partial charge in [0.25, 0.3) is 0 Å². The van der Waals surface area contributed by atoms with Crippen LogP contribution >= 0.6 is 0 Å². The van der Waals surface area contributed by atoms with Crippen LogP contribution in [0, 0.1) is 6.92 Å². The zero-order chi connectivity index (χ0) is 11.3. The Bertz CT molecular complexity index is 380. The minimum Gasteiger partial charge on any atom is -0.489 e. The summed E-state index contributed by atoms with van der Waals surface area (Å²) in [6, 6.07) is 5.04. The average molecular weight is 206 g/mol. The fourth-order valence-corrected chi connectivity index (χ4v) is 1.16. The molecule has 0 spiro atoms. The van der Waals surface area contributed by atoms with E-state index >= 15 is 0 Å². The first-order valence-corrected chi connectivity index (χ1v) is 4.73. The number of carbonyl (C=O) groups is 1. The molecule has 1 aromatic carbocycles. The lowest BCUT2D eigenvalue weighted by Crippen LogP contribution is -2.03. The van der Waals surface area contributed by atoms with Crippen LogP contribution in [0.3, 0.4) is 0 Å². The van der Waals surface area contributed by atoms with Crippen LogP contribution in [0.2, 0.25) is 0 Å². The maximum Gasteiger partial charge on any atom is 0.339 e.